The molecule has 0 fully saturated rings. The van der Waals surface area contributed by atoms with Gasteiger partial charge in [-0.25, -0.2) is 0 Å². The number of amides is 1. The second-order valence-electron chi connectivity index (χ2n) is 5.24. The molecule has 1 rings (SSSR count). The van der Waals surface area contributed by atoms with Gasteiger partial charge in [-0.15, -0.1) is 0 Å². The Morgan fingerprint density at radius 2 is 1.95 bits per heavy atom. The molecule has 0 aliphatic heterocycles. The lowest BCUT2D eigenvalue weighted by molar-refractivity contribution is -0.128. The zero-order valence-corrected chi connectivity index (χ0v) is 12.1. The number of aliphatic hydroxyl groups excluding tert-OH is 1. The van der Waals surface area contributed by atoms with Crippen LogP contribution >= 0.6 is 0 Å². The third-order valence-corrected chi connectivity index (χ3v) is 3.03. The Morgan fingerprint density at radius 3 is 2.42 bits per heavy atom. The minimum Gasteiger partial charge on any atom is -0.494 e. The zero-order chi connectivity index (χ0) is 14.5. The molecule has 0 saturated carbocycles. The summed E-state index contributed by atoms with van der Waals surface area (Å²) in [5, 5.41) is 11.9. The first-order chi connectivity index (χ1) is 8.86. The van der Waals surface area contributed by atoms with Crippen LogP contribution in [-0.4, -0.2) is 30.3 Å². The number of ether oxygens (including phenoxy) is 1. The quantitative estimate of drug-likeness (QED) is 0.825. The maximum atomic E-state index is 11.4. The summed E-state index contributed by atoms with van der Waals surface area (Å²) in [5.41, 5.74) is 0.914. The van der Waals surface area contributed by atoms with Crippen molar-refractivity contribution in [3.63, 3.8) is 0 Å². The van der Waals surface area contributed by atoms with Crippen LogP contribution in [0, 0.1) is 0 Å². The topological polar surface area (TPSA) is 58.6 Å². The van der Waals surface area contributed by atoms with E-state index in [1.165, 1.54) is 6.92 Å². The number of rotatable bonds is 6. The molecule has 0 aliphatic rings. The van der Waals surface area contributed by atoms with Crippen LogP contribution in [0.15, 0.2) is 24.3 Å². The third kappa shape index (κ3) is 4.56. The molecule has 19 heavy (non-hydrogen) atoms. The van der Waals surface area contributed by atoms with Crippen molar-refractivity contribution < 1.29 is 14.6 Å². The van der Waals surface area contributed by atoms with Crippen molar-refractivity contribution in [1.82, 2.24) is 5.32 Å². The van der Waals surface area contributed by atoms with Crippen LogP contribution in [0.1, 0.15) is 33.3 Å². The average molecular weight is 265 g/mol. The lowest BCUT2D eigenvalue weighted by atomic mass is 9.84. The van der Waals surface area contributed by atoms with Gasteiger partial charge in [0, 0.05) is 12.0 Å². The molecule has 0 bridgehead atoms. The van der Waals surface area contributed by atoms with Crippen LogP contribution in [0.2, 0.25) is 0 Å². The van der Waals surface area contributed by atoms with Crippen LogP contribution in [-0.2, 0) is 10.2 Å². The Balaban J connectivity index is 2.68. The summed E-state index contributed by atoms with van der Waals surface area (Å²) in [6.07, 6.45) is -0.976. The van der Waals surface area contributed by atoms with E-state index in [0.717, 1.165) is 11.3 Å². The van der Waals surface area contributed by atoms with Gasteiger partial charge >= 0.3 is 0 Å². The van der Waals surface area contributed by atoms with Crippen molar-refractivity contribution in [3.8, 4) is 5.75 Å². The van der Waals surface area contributed by atoms with E-state index in [1.807, 2.05) is 45.0 Å². The van der Waals surface area contributed by atoms with E-state index >= 15 is 0 Å². The summed E-state index contributed by atoms with van der Waals surface area (Å²) in [5.74, 6) is 0.495. The molecule has 1 atom stereocenters. The fourth-order valence-electron chi connectivity index (χ4n) is 1.73. The number of carbonyl (C=O) groups excluding carboxylic acids is 1. The van der Waals surface area contributed by atoms with Crippen molar-refractivity contribution in [2.45, 2.75) is 39.2 Å². The summed E-state index contributed by atoms with van der Waals surface area (Å²) in [6.45, 7) is 8.62. The van der Waals surface area contributed by atoms with Gasteiger partial charge in [-0.05, 0) is 31.5 Å². The van der Waals surface area contributed by atoms with E-state index in [0.29, 0.717) is 13.2 Å². The van der Waals surface area contributed by atoms with Crippen molar-refractivity contribution in [2.24, 2.45) is 0 Å². The predicted molar refractivity (Wildman–Crippen MR) is 75.3 cm³/mol. The molecule has 2 N–H and O–H groups in total. The van der Waals surface area contributed by atoms with Crippen LogP contribution < -0.4 is 10.1 Å². The Hall–Kier alpha value is -1.55. The second kappa shape index (κ2) is 6.57. The highest BCUT2D eigenvalue weighted by molar-refractivity contribution is 5.80. The molecule has 0 radical (unpaired) electrons. The molecule has 0 saturated heterocycles. The third-order valence-electron chi connectivity index (χ3n) is 3.03. The lowest BCUT2D eigenvalue weighted by Crippen LogP contribution is -2.40. The molecule has 1 unspecified atom stereocenters. The molecule has 4 nitrogen and oxygen atoms in total. The van der Waals surface area contributed by atoms with Crippen LogP contribution in [0.4, 0.5) is 0 Å². The highest BCUT2D eigenvalue weighted by atomic mass is 16.5. The Kier molecular flexibility index (Phi) is 5.36. The standard InChI is InChI=1S/C15H23NO3/c1-5-19-13-8-6-12(7-9-13)15(3,4)10-16-14(18)11(2)17/h6-9,11,17H,5,10H2,1-4H3,(H,16,18). The zero-order valence-electron chi connectivity index (χ0n) is 12.1. The number of nitrogens with one attached hydrogen (secondary N) is 1. The first-order valence-electron chi connectivity index (χ1n) is 6.56. The van der Waals surface area contributed by atoms with Gasteiger partial charge < -0.3 is 15.2 Å². The van der Waals surface area contributed by atoms with Crippen molar-refractivity contribution in [2.75, 3.05) is 13.2 Å². The number of benzene rings is 1. The molecule has 1 aromatic carbocycles. The number of carbonyl (C=O) groups is 1. The Labute approximate surface area is 114 Å². The summed E-state index contributed by atoms with van der Waals surface area (Å²) in [4.78, 5) is 11.4. The van der Waals surface area contributed by atoms with Gasteiger partial charge in [-0.2, -0.15) is 0 Å². The molecule has 0 spiro atoms. The van der Waals surface area contributed by atoms with Gasteiger partial charge in [-0.3, -0.25) is 4.79 Å². The second-order valence-corrected chi connectivity index (χ2v) is 5.24. The number of hydrogen-bond donors (Lipinski definition) is 2. The fraction of sp³-hybridized carbons (Fsp3) is 0.533. The highest BCUT2D eigenvalue weighted by Gasteiger charge is 2.22. The van der Waals surface area contributed by atoms with E-state index < -0.39 is 6.10 Å². The van der Waals surface area contributed by atoms with E-state index in [4.69, 9.17) is 9.84 Å². The summed E-state index contributed by atoms with van der Waals surface area (Å²) in [6, 6.07) is 7.85. The minimum absolute atomic E-state index is 0.199. The maximum Gasteiger partial charge on any atom is 0.248 e. The molecule has 0 heterocycles. The average Bonchev–Trinajstić information content (AvgIpc) is 2.37. The van der Waals surface area contributed by atoms with Crippen LogP contribution in [0.25, 0.3) is 0 Å². The molecule has 106 valence electrons. The molecule has 4 heteroatoms. The molecule has 1 amide bonds. The minimum atomic E-state index is -0.976. The maximum absolute atomic E-state index is 11.4. The number of aliphatic hydroxyl groups is 1. The molecular weight excluding hydrogens is 242 g/mol. The Morgan fingerprint density at radius 1 is 1.37 bits per heavy atom. The van der Waals surface area contributed by atoms with Gasteiger partial charge in [0.1, 0.15) is 11.9 Å². The predicted octanol–water partition coefficient (Wildman–Crippen LogP) is 1.86. The van der Waals surface area contributed by atoms with Gasteiger partial charge in [0.25, 0.3) is 0 Å². The van der Waals surface area contributed by atoms with Gasteiger partial charge in [0.05, 0.1) is 6.61 Å². The fourth-order valence-corrected chi connectivity index (χ4v) is 1.73. The highest BCUT2D eigenvalue weighted by Crippen LogP contribution is 2.24. The van der Waals surface area contributed by atoms with Crippen molar-refractivity contribution >= 4 is 5.91 Å². The first-order valence-corrected chi connectivity index (χ1v) is 6.56. The van der Waals surface area contributed by atoms with E-state index in [1.54, 1.807) is 0 Å². The molecule has 0 aliphatic carbocycles. The monoisotopic (exact) mass is 265 g/mol. The SMILES string of the molecule is CCOc1ccc(C(C)(C)CNC(=O)C(C)O)cc1. The molecule has 0 aromatic heterocycles. The lowest BCUT2D eigenvalue weighted by Gasteiger charge is -2.26. The van der Waals surface area contributed by atoms with Crippen molar-refractivity contribution in [3.05, 3.63) is 29.8 Å². The molecular formula is C15H23NO3. The van der Waals surface area contributed by atoms with Gasteiger partial charge in [0.2, 0.25) is 5.91 Å². The van der Waals surface area contributed by atoms with Gasteiger partial charge in [0.15, 0.2) is 0 Å². The van der Waals surface area contributed by atoms with Gasteiger partial charge in [-0.1, -0.05) is 26.0 Å². The first kappa shape index (κ1) is 15.5. The van der Waals surface area contributed by atoms with E-state index in [2.05, 4.69) is 5.32 Å². The number of hydrogen-bond acceptors (Lipinski definition) is 3. The summed E-state index contributed by atoms with van der Waals surface area (Å²) in [7, 11) is 0. The van der Waals surface area contributed by atoms with Crippen LogP contribution in [0.3, 0.4) is 0 Å². The summed E-state index contributed by atoms with van der Waals surface area (Å²) >= 11 is 0. The van der Waals surface area contributed by atoms with E-state index in [-0.39, 0.29) is 11.3 Å². The van der Waals surface area contributed by atoms with Crippen LogP contribution in [0.5, 0.6) is 5.75 Å². The Bertz CT molecular complexity index is 410. The normalized spacial score (nSPS) is 12.9. The van der Waals surface area contributed by atoms with Crippen molar-refractivity contribution in [1.29, 1.82) is 0 Å². The largest absolute Gasteiger partial charge is 0.494 e. The summed E-state index contributed by atoms with van der Waals surface area (Å²) < 4.78 is 5.40. The van der Waals surface area contributed by atoms with E-state index in [9.17, 15) is 4.79 Å². The molecule has 1 aromatic rings. The smallest absolute Gasteiger partial charge is 0.248 e.